The molecule has 1 aromatic rings. The van der Waals surface area contributed by atoms with E-state index in [2.05, 4.69) is 5.32 Å². The average Bonchev–Trinajstić information content (AvgIpc) is 2.98. The van der Waals surface area contributed by atoms with Gasteiger partial charge in [0.1, 0.15) is 11.6 Å². The summed E-state index contributed by atoms with van der Waals surface area (Å²) in [5.41, 5.74) is 0.734. The molecule has 2 rings (SSSR count). The van der Waals surface area contributed by atoms with Crippen LogP contribution in [0.2, 0.25) is 0 Å². The maximum Gasteiger partial charge on any atom is 0.260 e. The summed E-state index contributed by atoms with van der Waals surface area (Å²) in [7, 11) is 0. The van der Waals surface area contributed by atoms with Crippen LogP contribution in [0.3, 0.4) is 0 Å². The minimum atomic E-state index is -0.297. The zero-order valence-electron chi connectivity index (χ0n) is 12.7. The Balaban J connectivity index is 1.96. The SMILES string of the molecule is CC(C)NCc1cc(F)ccc1OCC(=O)N1CCCC1. The van der Waals surface area contributed by atoms with Crippen molar-refractivity contribution in [2.75, 3.05) is 19.7 Å². The summed E-state index contributed by atoms with van der Waals surface area (Å²) in [5.74, 6) is 0.269. The van der Waals surface area contributed by atoms with Crippen molar-refractivity contribution in [1.82, 2.24) is 10.2 Å². The monoisotopic (exact) mass is 294 g/mol. The Labute approximate surface area is 125 Å². The van der Waals surface area contributed by atoms with Gasteiger partial charge in [0.25, 0.3) is 5.91 Å². The molecule has 0 aromatic heterocycles. The van der Waals surface area contributed by atoms with E-state index in [1.807, 2.05) is 18.7 Å². The molecule has 116 valence electrons. The summed E-state index contributed by atoms with van der Waals surface area (Å²) in [4.78, 5) is 13.8. The van der Waals surface area contributed by atoms with Gasteiger partial charge in [-0.25, -0.2) is 4.39 Å². The Hall–Kier alpha value is -1.62. The fraction of sp³-hybridized carbons (Fsp3) is 0.562. The van der Waals surface area contributed by atoms with Crippen molar-refractivity contribution >= 4 is 5.91 Å². The van der Waals surface area contributed by atoms with Crippen LogP contribution in [-0.2, 0) is 11.3 Å². The molecular formula is C16H23FN2O2. The first kappa shape index (κ1) is 15.8. The molecule has 0 atom stereocenters. The molecule has 0 bridgehead atoms. The van der Waals surface area contributed by atoms with Crippen LogP contribution >= 0.6 is 0 Å². The molecule has 1 amide bonds. The van der Waals surface area contributed by atoms with Crippen LogP contribution in [0.4, 0.5) is 4.39 Å². The van der Waals surface area contributed by atoms with Crippen LogP contribution in [0.15, 0.2) is 18.2 Å². The minimum absolute atomic E-state index is 0.000376. The van der Waals surface area contributed by atoms with Gasteiger partial charge in [-0.1, -0.05) is 13.8 Å². The molecule has 1 fully saturated rings. The lowest BCUT2D eigenvalue weighted by atomic mass is 10.2. The summed E-state index contributed by atoms with van der Waals surface area (Å²) in [6, 6.07) is 4.69. The topological polar surface area (TPSA) is 41.6 Å². The number of amides is 1. The molecule has 4 nitrogen and oxygen atoms in total. The lowest BCUT2D eigenvalue weighted by Crippen LogP contribution is -2.32. The molecule has 0 spiro atoms. The van der Waals surface area contributed by atoms with Gasteiger partial charge < -0.3 is 15.0 Å². The number of nitrogens with one attached hydrogen (secondary N) is 1. The van der Waals surface area contributed by atoms with Crippen molar-refractivity contribution in [2.45, 2.75) is 39.3 Å². The van der Waals surface area contributed by atoms with Crippen molar-refractivity contribution in [3.63, 3.8) is 0 Å². The highest BCUT2D eigenvalue weighted by Crippen LogP contribution is 2.20. The zero-order chi connectivity index (χ0) is 15.2. The molecule has 0 unspecified atom stereocenters. The van der Waals surface area contributed by atoms with Crippen LogP contribution < -0.4 is 10.1 Å². The van der Waals surface area contributed by atoms with Gasteiger partial charge in [-0.15, -0.1) is 0 Å². The molecule has 0 radical (unpaired) electrons. The first-order valence-corrected chi connectivity index (χ1v) is 7.48. The second-order valence-electron chi connectivity index (χ2n) is 5.66. The quantitative estimate of drug-likeness (QED) is 0.875. The predicted molar refractivity (Wildman–Crippen MR) is 79.7 cm³/mol. The van der Waals surface area contributed by atoms with Crippen LogP contribution in [0.1, 0.15) is 32.3 Å². The Morgan fingerprint density at radius 2 is 2.10 bits per heavy atom. The molecule has 5 heteroatoms. The highest BCUT2D eigenvalue weighted by atomic mass is 19.1. The molecule has 0 aliphatic carbocycles. The van der Waals surface area contributed by atoms with Gasteiger partial charge in [0, 0.05) is 31.2 Å². The second-order valence-corrected chi connectivity index (χ2v) is 5.66. The van der Waals surface area contributed by atoms with Crippen molar-refractivity contribution < 1.29 is 13.9 Å². The Morgan fingerprint density at radius 1 is 1.38 bits per heavy atom. The lowest BCUT2D eigenvalue weighted by molar-refractivity contribution is -0.132. The Kier molecular flexibility index (Phi) is 5.56. The summed E-state index contributed by atoms with van der Waals surface area (Å²) in [6.07, 6.45) is 2.12. The van der Waals surface area contributed by atoms with Crippen LogP contribution in [0.5, 0.6) is 5.75 Å². The number of hydrogen-bond donors (Lipinski definition) is 1. The smallest absolute Gasteiger partial charge is 0.260 e. The third-order valence-corrected chi connectivity index (χ3v) is 3.53. The molecule has 1 heterocycles. The molecule has 21 heavy (non-hydrogen) atoms. The third-order valence-electron chi connectivity index (χ3n) is 3.53. The highest BCUT2D eigenvalue weighted by Gasteiger charge is 2.18. The third kappa shape index (κ3) is 4.70. The Bertz CT molecular complexity index is 485. The summed E-state index contributed by atoms with van der Waals surface area (Å²) >= 11 is 0. The van der Waals surface area contributed by atoms with E-state index in [-0.39, 0.29) is 18.3 Å². The van der Waals surface area contributed by atoms with Crippen LogP contribution in [0, 0.1) is 5.82 Å². The second kappa shape index (κ2) is 7.41. The normalized spacial score (nSPS) is 14.8. The largest absolute Gasteiger partial charge is 0.483 e. The highest BCUT2D eigenvalue weighted by molar-refractivity contribution is 5.78. The van der Waals surface area contributed by atoms with E-state index in [0.29, 0.717) is 18.3 Å². The average molecular weight is 294 g/mol. The zero-order valence-corrected chi connectivity index (χ0v) is 12.7. The van der Waals surface area contributed by atoms with E-state index in [9.17, 15) is 9.18 Å². The van der Waals surface area contributed by atoms with Gasteiger partial charge in [-0.3, -0.25) is 4.79 Å². The number of carbonyl (C=O) groups is 1. The number of benzene rings is 1. The number of nitrogens with zero attached hydrogens (tertiary/aromatic N) is 1. The van der Waals surface area contributed by atoms with E-state index in [1.165, 1.54) is 12.1 Å². The van der Waals surface area contributed by atoms with Crippen molar-refractivity contribution in [2.24, 2.45) is 0 Å². The summed E-state index contributed by atoms with van der Waals surface area (Å²) in [5, 5.41) is 3.23. The van der Waals surface area contributed by atoms with E-state index in [4.69, 9.17) is 4.74 Å². The van der Waals surface area contributed by atoms with Gasteiger partial charge in [0.05, 0.1) is 0 Å². The molecule has 1 aliphatic heterocycles. The maximum absolute atomic E-state index is 13.4. The van der Waals surface area contributed by atoms with E-state index >= 15 is 0 Å². The molecule has 0 saturated carbocycles. The summed E-state index contributed by atoms with van der Waals surface area (Å²) < 4.78 is 19.0. The number of halogens is 1. The molecule has 1 aliphatic rings. The van der Waals surface area contributed by atoms with E-state index in [1.54, 1.807) is 6.07 Å². The van der Waals surface area contributed by atoms with Crippen molar-refractivity contribution in [3.05, 3.63) is 29.6 Å². The number of likely N-dealkylation sites (tertiary alicyclic amines) is 1. The number of rotatable bonds is 6. The van der Waals surface area contributed by atoms with E-state index < -0.39 is 0 Å². The first-order chi connectivity index (χ1) is 10.1. The van der Waals surface area contributed by atoms with Crippen molar-refractivity contribution in [1.29, 1.82) is 0 Å². The van der Waals surface area contributed by atoms with Crippen LogP contribution in [-0.4, -0.2) is 36.5 Å². The lowest BCUT2D eigenvalue weighted by Gasteiger charge is -2.17. The molecule has 1 N–H and O–H groups in total. The molecular weight excluding hydrogens is 271 g/mol. The van der Waals surface area contributed by atoms with Gasteiger partial charge in [-0.2, -0.15) is 0 Å². The molecule has 1 aromatic carbocycles. The van der Waals surface area contributed by atoms with Gasteiger partial charge in [-0.05, 0) is 31.0 Å². The van der Waals surface area contributed by atoms with Crippen LogP contribution in [0.25, 0.3) is 0 Å². The summed E-state index contributed by atoms with van der Waals surface area (Å²) in [6.45, 7) is 6.21. The first-order valence-electron chi connectivity index (χ1n) is 7.48. The maximum atomic E-state index is 13.4. The van der Waals surface area contributed by atoms with Gasteiger partial charge in [0.2, 0.25) is 0 Å². The molecule has 1 saturated heterocycles. The van der Waals surface area contributed by atoms with Gasteiger partial charge in [0.15, 0.2) is 6.61 Å². The number of hydrogen-bond acceptors (Lipinski definition) is 3. The standard InChI is InChI=1S/C16H23FN2O2/c1-12(2)18-10-13-9-14(17)5-6-15(13)21-11-16(20)19-7-3-4-8-19/h5-6,9,12,18H,3-4,7-8,10-11H2,1-2H3. The number of ether oxygens (including phenoxy) is 1. The van der Waals surface area contributed by atoms with Gasteiger partial charge >= 0.3 is 0 Å². The van der Waals surface area contributed by atoms with E-state index in [0.717, 1.165) is 31.5 Å². The fourth-order valence-electron chi connectivity index (χ4n) is 2.34. The number of carbonyl (C=O) groups excluding carboxylic acids is 1. The van der Waals surface area contributed by atoms with Crippen molar-refractivity contribution in [3.8, 4) is 5.75 Å². The Morgan fingerprint density at radius 3 is 2.76 bits per heavy atom. The fourth-order valence-corrected chi connectivity index (χ4v) is 2.34. The minimum Gasteiger partial charge on any atom is -0.483 e. The predicted octanol–water partition coefficient (Wildman–Crippen LogP) is 2.32.